The normalized spacial score (nSPS) is 12.6. The standard InChI is InChI=1S/C12H12Cl2N2S/c1-8(9-4-2-3-5-10(9)13)15-7-12-16-6-11(14)17-12/h2-6,8,15H,7H2,1H3/t8-/m0/s1. The van der Waals surface area contributed by atoms with Crippen LogP contribution in [0.4, 0.5) is 0 Å². The summed E-state index contributed by atoms with van der Waals surface area (Å²) >= 11 is 13.4. The number of hydrogen-bond acceptors (Lipinski definition) is 3. The second-order valence-corrected chi connectivity index (χ2v) is 5.84. The molecule has 17 heavy (non-hydrogen) atoms. The molecule has 0 unspecified atom stereocenters. The van der Waals surface area contributed by atoms with Gasteiger partial charge in [0.05, 0.1) is 6.20 Å². The van der Waals surface area contributed by atoms with Crippen molar-refractivity contribution in [3.8, 4) is 0 Å². The van der Waals surface area contributed by atoms with Gasteiger partial charge in [-0.15, -0.1) is 11.3 Å². The molecule has 2 nitrogen and oxygen atoms in total. The summed E-state index contributed by atoms with van der Waals surface area (Å²) in [6.07, 6.45) is 1.67. The van der Waals surface area contributed by atoms with Crippen LogP contribution >= 0.6 is 34.5 Å². The molecular formula is C12H12Cl2N2S. The zero-order valence-corrected chi connectivity index (χ0v) is 11.6. The van der Waals surface area contributed by atoms with E-state index < -0.39 is 0 Å². The maximum Gasteiger partial charge on any atom is 0.113 e. The lowest BCUT2D eigenvalue weighted by atomic mass is 10.1. The van der Waals surface area contributed by atoms with Crippen LogP contribution in [0.25, 0.3) is 0 Å². The average Bonchev–Trinajstić information content (AvgIpc) is 2.73. The summed E-state index contributed by atoms with van der Waals surface area (Å²) in [6, 6.07) is 8.02. The third-order valence-electron chi connectivity index (χ3n) is 2.46. The smallest absolute Gasteiger partial charge is 0.113 e. The quantitative estimate of drug-likeness (QED) is 0.906. The van der Waals surface area contributed by atoms with Gasteiger partial charge in [-0.1, -0.05) is 41.4 Å². The lowest BCUT2D eigenvalue weighted by molar-refractivity contribution is 0.573. The van der Waals surface area contributed by atoms with Gasteiger partial charge in [0.15, 0.2) is 0 Å². The van der Waals surface area contributed by atoms with Crippen molar-refractivity contribution >= 4 is 34.5 Å². The van der Waals surface area contributed by atoms with E-state index in [0.29, 0.717) is 10.9 Å². The largest absolute Gasteiger partial charge is 0.304 e. The molecule has 0 saturated carbocycles. The van der Waals surface area contributed by atoms with Crippen molar-refractivity contribution < 1.29 is 0 Å². The first-order valence-electron chi connectivity index (χ1n) is 5.25. The van der Waals surface area contributed by atoms with Crippen LogP contribution in [0.1, 0.15) is 23.5 Å². The van der Waals surface area contributed by atoms with Crippen molar-refractivity contribution in [3.05, 3.63) is 50.4 Å². The number of nitrogens with one attached hydrogen (secondary N) is 1. The highest BCUT2D eigenvalue weighted by Gasteiger charge is 2.09. The van der Waals surface area contributed by atoms with Gasteiger partial charge in [-0.3, -0.25) is 0 Å². The molecule has 1 aromatic heterocycles. The Balaban J connectivity index is 1.98. The lowest BCUT2D eigenvalue weighted by Gasteiger charge is -2.14. The fourth-order valence-electron chi connectivity index (χ4n) is 1.55. The summed E-state index contributed by atoms with van der Waals surface area (Å²) in [7, 11) is 0. The summed E-state index contributed by atoms with van der Waals surface area (Å²) in [5.74, 6) is 0. The van der Waals surface area contributed by atoms with Gasteiger partial charge in [0.25, 0.3) is 0 Å². The molecule has 5 heteroatoms. The van der Waals surface area contributed by atoms with Crippen LogP contribution in [0.15, 0.2) is 30.5 Å². The van der Waals surface area contributed by atoms with E-state index in [-0.39, 0.29) is 6.04 Å². The Labute approximate surface area is 115 Å². The molecule has 0 radical (unpaired) electrons. The highest BCUT2D eigenvalue weighted by Crippen LogP contribution is 2.23. The molecule has 0 aliphatic heterocycles. The summed E-state index contributed by atoms with van der Waals surface area (Å²) in [4.78, 5) is 4.19. The van der Waals surface area contributed by atoms with Crippen molar-refractivity contribution in [1.29, 1.82) is 0 Å². The molecule has 0 aliphatic carbocycles. The summed E-state index contributed by atoms with van der Waals surface area (Å²) < 4.78 is 0.715. The van der Waals surface area contributed by atoms with Gasteiger partial charge in [-0.25, -0.2) is 4.98 Å². The highest BCUT2D eigenvalue weighted by atomic mass is 35.5. The minimum Gasteiger partial charge on any atom is -0.304 e. The molecule has 90 valence electrons. The van der Waals surface area contributed by atoms with Gasteiger partial charge in [-0.05, 0) is 18.6 Å². The van der Waals surface area contributed by atoms with Crippen LogP contribution in [0, 0.1) is 0 Å². The molecule has 0 fully saturated rings. The van der Waals surface area contributed by atoms with Crippen molar-refractivity contribution in [2.24, 2.45) is 0 Å². The zero-order valence-electron chi connectivity index (χ0n) is 9.28. The van der Waals surface area contributed by atoms with E-state index in [4.69, 9.17) is 23.2 Å². The number of nitrogens with zero attached hydrogens (tertiary/aromatic N) is 1. The first-order valence-corrected chi connectivity index (χ1v) is 6.82. The molecule has 0 bridgehead atoms. The summed E-state index contributed by atoms with van der Waals surface area (Å²) in [6.45, 7) is 2.78. The summed E-state index contributed by atoms with van der Waals surface area (Å²) in [5.41, 5.74) is 1.09. The Bertz CT molecular complexity index is 499. The van der Waals surface area contributed by atoms with Gasteiger partial charge >= 0.3 is 0 Å². The van der Waals surface area contributed by atoms with E-state index in [1.807, 2.05) is 24.3 Å². The van der Waals surface area contributed by atoms with Crippen molar-refractivity contribution in [2.45, 2.75) is 19.5 Å². The lowest BCUT2D eigenvalue weighted by Crippen LogP contribution is -2.18. The molecule has 0 saturated heterocycles. The minimum absolute atomic E-state index is 0.186. The summed E-state index contributed by atoms with van der Waals surface area (Å²) in [5, 5.41) is 5.14. The Morgan fingerprint density at radius 2 is 2.12 bits per heavy atom. The van der Waals surface area contributed by atoms with E-state index in [1.54, 1.807) is 6.20 Å². The van der Waals surface area contributed by atoms with E-state index in [1.165, 1.54) is 11.3 Å². The second-order valence-electron chi connectivity index (χ2n) is 3.68. The van der Waals surface area contributed by atoms with Gasteiger partial charge in [0.1, 0.15) is 9.34 Å². The van der Waals surface area contributed by atoms with Crippen molar-refractivity contribution in [2.75, 3.05) is 0 Å². The molecule has 1 N–H and O–H groups in total. The number of rotatable bonds is 4. The topological polar surface area (TPSA) is 24.9 Å². The van der Waals surface area contributed by atoms with Crippen molar-refractivity contribution in [1.82, 2.24) is 10.3 Å². The van der Waals surface area contributed by atoms with Crippen LogP contribution in [-0.4, -0.2) is 4.98 Å². The Morgan fingerprint density at radius 1 is 1.35 bits per heavy atom. The number of thiazole rings is 1. The van der Waals surface area contributed by atoms with Gasteiger partial charge in [0.2, 0.25) is 0 Å². The predicted octanol–water partition coefficient (Wildman–Crippen LogP) is 4.30. The van der Waals surface area contributed by atoms with Crippen LogP contribution in [-0.2, 0) is 6.54 Å². The van der Waals surface area contributed by atoms with E-state index in [2.05, 4.69) is 17.2 Å². The second kappa shape index (κ2) is 5.83. The molecule has 1 heterocycles. The number of hydrogen-bond donors (Lipinski definition) is 1. The van der Waals surface area contributed by atoms with Gasteiger partial charge < -0.3 is 5.32 Å². The molecule has 0 aliphatic rings. The van der Waals surface area contributed by atoms with Crippen LogP contribution < -0.4 is 5.32 Å². The number of benzene rings is 1. The van der Waals surface area contributed by atoms with E-state index in [0.717, 1.165) is 15.6 Å². The molecule has 2 aromatic rings. The molecule has 0 amide bonds. The van der Waals surface area contributed by atoms with Crippen molar-refractivity contribution in [3.63, 3.8) is 0 Å². The fourth-order valence-corrected chi connectivity index (χ4v) is 2.75. The first kappa shape index (κ1) is 12.8. The highest BCUT2D eigenvalue weighted by molar-refractivity contribution is 7.15. The SMILES string of the molecule is C[C@H](NCc1ncc(Cl)s1)c1ccccc1Cl. The molecule has 2 rings (SSSR count). The maximum absolute atomic E-state index is 6.13. The average molecular weight is 287 g/mol. The zero-order chi connectivity index (χ0) is 12.3. The van der Waals surface area contributed by atoms with Crippen LogP contribution in [0.2, 0.25) is 9.36 Å². The molecule has 1 atom stereocenters. The molecular weight excluding hydrogens is 275 g/mol. The molecule has 0 spiro atoms. The fraction of sp³-hybridized carbons (Fsp3) is 0.250. The Hall–Kier alpha value is -0.610. The van der Waals surface area contributed by atoms with Gasteiger partial charge in [0, 0.05) is 17.6 Å². The maximum atomic E-state index is 6.13. The van der Waals surface area contributed by atoms with E-state index >= 15 is 0 Å². The van der Waals surface area contributed by atoms with Crippen LogP contribution in [0.3, 0.4) is 0 Å². The Morgan fingerprint density at radius 3 is 2.76 bits per heavy atom. The van der Waals surface area contributed by atoms with E-state index in [9.17, 15) is 0 Å². The monoisotopic (exact) mass is 286 g/mol. The first-order chi connectivity index (χ1) is 8.16. The molecule has 1 aromatic carbocycles. The number of aromatic nitrogens is 1. The third kappa shape index (κ3) is 3.42. The number of halogens is 2. The van der Waals surface area contributed by atoms with Gasteiger partial charge in [-0.2, -0.15) is 0 Å². The Kier molecular flexibility index (Phi) is 4.40. The van der Waals surface area contributed by atoms with Crippen LogP contribution in [0.5, 0.6) is 0 Å². The predicted molar refractivity (Wildman–Crippen MR) is 73.8 cm³/mol. The minimum atomic E-state index is 0.186. The third-order valence-corrected chi connectivity index (χ3v) is 3.92.